The Kier molecular flexibility index (Phi) is 7.83. The van der Waals surface area contributed by atoms with E-state index in [1.165, 1.54) is 6.92 Å². The van der Waals surface area contributed by atoms with Gasteiger partial charge in [0.2, 0.25) is 12.3 Å². The lowest BCUT2D eigenvalue weighted by Gasteiger charge is -2.37. The van der Waals surface area contributed by atoms with Crippen LogP contribution in [-0.2, 0) is 20.8 Å². The van der Waals surface area contributed by atoms with E-state index in [1.807, 2.05) is 49.1 Å². The minimum absolute atomic E-state index is 0.132. The second-order valence-electron chi connectivity index (χ2n) is 9.26. The lowest BCUT2D eigenvalue weighted by Crippen LogP contribution is -2.50. The normalized spacial score (nSPS) is 16.3. The van der Waals surface area contributed by atoms with Gasteiger partial charge in [-0.2, -0.15) is 0 Å². The molecule has 8 heteroatoms. The van der Waals surface area contributed by atoms with Crippen LogP contribution in [0.3, 0.4) is 0 Å². The summed E-state index contributed by atoms with van der Waals surface area (Å²) in [7, 11) is 0. The average Bonchev–Trinajstić information content (AvgIpc) is 3.35. The van der Waals surface area contributed by atoms with E-state index in [1.54, 1.807) is 18.3 Å². The maximum Gasteiger partial charge on any atom is 0.308 e. The van der Waals surface area contributed by atoms with Crippen LogP contribution in [0.25, 0.3) is 11.3 Å². The molecule has 2 amide bonds. The van der Waals surface area contributed by atoms with Crippen LogP contribution in [0.2, 0.25) is 0 Å². The smallest absolute Gasteiger partial charge is 0.308 e. The van der Waals surface area contributed by atoms with Crippen molar-refractivity contribution in [1.82, 2.24) is 20.2 Å². The fourth-order valence-electron chi connectivity index (χ4n) is 4.95. The van der Waals surface area contributed by atoms with Crippen LogP contribution in [0.15, 0.2) is 48.7 Å². The van der Waals surface area contributed by atoms with Crippen LogP contribution in [0.5, 0.6) is 5.75 Å². The van der Waals surface area contributed by atoms with E-state index in [9.17, 15) is 14.4 Å². The van der Waals surface area contributed by atoms with Crippen LogP contribution in [0.1, 0.15) is 54.7 Å². The number of carbonyl (C=O) groups is 3. The van der Waals surface area contributed by atoms with E-state index < -0.39 is 6.04 Å². The number of H-pyrrole nitrogens is 1. The van der Waals surface area contributed by atoms with Crippen LogP contribution in [0.4, 0.5) is 0 Å². The number of aromatic amines is 1. The molecule has 0 bridgehead atoms. The monoisotopic (exact) mass is 488 g/mol. The molecule has 1 aliphatic rings. The number of carbonyl (C=O) groups excluding carboxylic acids is 3. The van der Waals surface area contributed by atoms with Crippen molar-refractivity contribution in [2.75, 3.05) is 6.54 Å². The molecule has 36 heavy (non-hydrogen) atoms. The maximum absolute atomic E-state index is 13.8. The second-order valence-corrected chi connectivity index (χ2v) is 9.26. The summed E-state index contributed by atoms with van der Waals surface area (Å²) < 4.78 is 5.23. The zero-order chi connectivity index (χ0) is 25.7. The summed E-state index contributed by atoms with van der Waals surface area (Å²) >= 11 is 0. The van der Waals surface area contributed by atoms with Crippen molar-refractivity contribution in [3.8, 4) is 17.0 Å². The third-order valence-electron chi connectivity index (χ3n) is 6.69. The number of ether oxygens (including phenoxy) is 1. The minimum atomic E-state index is -0.719. The Balaban J connectivity index is 1.57. The number of imidazole rings is 1. The molecule has 0 radical (unpaired) electrons. The molecule has 2 heterocycles. The highest BCUT2D eigenvalue weighted by Crippen LogP contribution is 2.32. The van der Waals surface area contributed by atoms with Gasteiger partial charge in [-0.15, -0.1) is 0 Å². The zero-order valence-electron chi connectivity index (χ0n) is 20.9. The molecule has 0 aliphatic carbocycles. The Morgan fingerprint density at radius 3 is 2.58 bits per heavy atom. The predicted octanol–water partition coefficient (Wildman–Crippen LogP) is 4.03. The van der Waals surface area contributed by atoms with Gasteiger partial charge in [0.05, 0.1) is 17.9 Å². The van der Waals surface area contributed by atoms with Gasteiger partial charge in [-0.3, -0.25) is 14.4 Å². The molecule has 1 aromatic heterocycles. The first-order valence-electron chi connectivity index (χ1n) is 12.3. The number of aryl methyl sites for hydroxylation is 2. The Hall–Kier alpha value is -3.94. The molecular formula is C28H32N4O4. The second kappa shape index (κ2) is 11.2. The van der Waals surface area contributed by atoms with Crippen LogP contribution in [-0.4, -0.2) is 45.7 Å². The Bertz CT molecular complexity index is 1210. The molecule has 2 atom stereocenters. The van der Waals surface area contributed by atoms with Crippen LogP contribution < -0.4 is 10.1 Å². The first kappa shape index (κ1) is 25.2. The van der Waals surface area contributed by atoms with E-state index in [2.05, 4.69) is 15.3 Å². The number of rotatable bonds is 8. The third-order valence-corrected chi connectivity index (χ3v) is 6.69. The summed E-state index contributed by atoms with van der Waals surface area (Å²) in [4.78, 5) is 46.5. The van der Waals surface area contributed by atoms with Crippen molar-refractivity contribution in [2.24, 2.45) is 0 Å². The van der Waals surface area contributed by atoms with E-state index in [0.717, 1.165) is 53.0 Å². The van der Waals surface area contributed by atoms with Gasteiger partial charge >= 0.3 is 5.97 Å². The molecule has 0 spiro atoms. The van der Waals surface area contributed by atoms with Crippen molar-refractivity contribution in [3.05, 3.63) is 71.2 Å². The first-order valence-corrected chi connectivity index (χ1v) is 12.3. The number of benzene rings is 2. The Morgan fingerprint density at radius 1 is 1.19 bits per heavy atom. The average molecular weight is 489 g/mol. The van der Waals surface area contributed by atoms with Crippen LogP contribution >= 0.6 is 0 Å². The lowest BCUT2D eigenvalue weighted by molar-refractivity contribution is -0.138. The number of hydrogen-bond donors (Lipinski definition) is 2. The van der Waals surface area contributed by atoms with Gasteiger partial charge in [0, 0.05) is 19.9 Å². The molecule has 0 saturated carbocycles. The standard InChI is InChI=1S/C28H32N4O4/c1-18-13-22(36-20(3)34)14-19(2)23(18)15-24(30-17-33)28(35)32-12-8-7-11-26(32)27-29-16-25(31-27)21-9-5-4-6-10-21/h4-6,9-10,13-14,16-17,24,26H,7-8,11-12,15H2,1-3H3,(H,29,31)(H,30,33)/t24-,26?/m0/s1. The number of amides is 2. The number of likely N-dealkylation sites (tertiary alicyclic amines) is 1. The fraction of sp³-hybridized carbons (Fsp3) is 0.357. The van der Waals surface area contributed by atoms with E-state index in [-0.39, 0.29) is 17.9 Å². The molecule has 8 nitrogen and oxygen atoms in total. The van der Waals surface area contributed by atoms with Crippen LogP contribution in [0, 0.1) is 13.8 Å². The van der Waals surface area contributed by atoms with E-state index in [0.29, 0.717) is 25.1 Å². The van der Waals surface area contributed by atoms with Gasteiger partial charge in [-0.25, -0.2) is 4.98 Å². The number of esters is 1. The molecule has 1 saturated heterocycles. The molecule has 4 rings (SSSR count). The van der Waals surface area contributed by atoms with Gasteiger partial charge in [-0.1, -0.05) is 30.3 Å². The highest BCUT2D eigenvalue weighted by atomic mass is 16.5. The van der Waals surface area contributed by atoms with Gasteiger partial charge in [0.15, 0.2) is 0 Å². The number of aromatic nitrogens is 2. The molecule has 1 unspecified atom stereocenters. The van der Waals surface area contributed by atoms with Crippen molar-refractivity contribution in [3.63, 3.8) is 0 Å². The number of piperidine rings is 1. The summed E-state index contributed by atoms with van der Waals surface area (Å²) in [5.41, 5.74) is 4.67. The Labute approximate surface area is 211 Å². The van der Waals surface area contributed by atoms with Crippen molar-refractivity contribution in [1.29, 1.82) is 0 Å². The van der Waals surface area contributed by atoms with Gasteiger partial charge in [0.1, 0.15) is 17.6 Å². The highest BCUT2D eigenvalue weighted by molar-refractivity contribution is 5.84. The SMILES string of the molecule is CC(=O)Oc1cc(C)c(C[C@H](NC=O)C(=O)N2CCCCC2c2ncc(-c3ccccc3)[nH]2)c(C)c1. The van der Waals surface area contributed by atoms with Crippen molar-refractivity contribution < 1.29 is 19.1 Å². The summed E-state index contributed by atoms with van der Waals surface area (Å²) in [5.74, 6) is 0.703. The number of nitrogens with one attached hydrogen (secondary N) is 2. The number of hydrogen-bond acceptors (Lipinski definition) is 5. The topological polar surface area (TPSA) is 104 Å². The lowest BCUT2D eigenvalue weighted by atomic mass is 9.94. The molecule has 2 N–H and O–H groups in total. The van der Waals surface area contributed by atoms with E-state index >= 15 is 0 Å². The largest absolute Gasteiger partial charge is 0.427 e. The number of nitrogens with zero attached hydrogens (tertiary/aromatic N) is 2. The zero-order valence-corrected chi connectivity index (χ0v) is 20.9. The minimum Gasteiger partial charge on any atom is -0.427 e. The molecular weight excluding hydrogens is 456 g/mol. The summed E-state index contributed by atoms with van der Waals surface area (Å²) in [5, 5.41) is 2.74. The Morgan fingerprint density at radius 2 is 1.92 bits per heavy atom. The molecule has 188 valence electrons. The first-order chi connectivity index (χ1) is 17.4. The highest BCUT2D eigenvalue weighted by Gasteiger charge is 2.34. The quantitative estimate of drug-likeness (QED) is 0.283. The summed E-state index contributed by atoms with van der Waals surface area (Å²) in [6.07, 6.45) is 5.43. The van der Waals surface area contributed by atoms with Gasteiger partial charge in [0.25, 0.3) is 0 Å². The fourth-order valence-corrected chi connectivity index (χ4v) is 4.95. The molecule has 3 aromatic rings. The maximum atomic E-state index is 13.8. The molecule has 2 aromatic carbocycles. The summed E-state index contributed by atoms with van der Waals surface area (Å²) in [6.45, 7) is 5.79. The molecule has 1 aliphatic heterocycles. The van der Waals surface area contributed by atoms with E-state index in [4.69, 9.17) is 4.74 Å². The van der Waals surface area contributed by atoms with Crippen molar-refractivity contribution in [2.45, 2.75) is 58.5 Å². The van der Waals surface area contributed by atoms with Crippen molar-refractivity contribution >= 4 is 18.3 Å². The van der Waals surface area contributed by atoms with Gasteiger partial charge in [-0.05, 0) is 67.5 Å². The van der Waals surface area contributed by atoms with Gasteiger partial charge < -0.3 is 19.9 Å². The third kappa shape index (κ3) is 5.64. The molecule has 1 fully saturated rings. The summed E-state index contributed by atoms with van der Waals surface area (Å²) in [6, 6.07) is 12.6. The predicted molar refractivity (Wildman–Crippen MR) is 136 cm³/mol.